The Morgan fingerprint density at radius 1 is 1.19 bits per heavy atom. The third-order valence-electron chi connectivity index (χ3n) is 4.49. The van der Waals surface area contributed by atoms with Gasteiger partial charge in [0.05, 0.1) is 11.6 Å². The number of hydrogen-bond acceptors (Lipinski definition) is 3. The Morgan fingerprint density at radius 3 is 2.73 bits per heavy atom. The number of fused-ring (bicyclic) bond motifs is 1. The third-order valence-corrected chi connectivity index (χ3v) is 4.49. The van der Waals surface area contributed by atoms with Crippen molar-refractivity contribution in [2.24, 2.45) is 0 Å². The molecule has 2 atom stereocenters. The monoisotopic (exact) mass is 359 g/mol. The van der Waals surface area contributed by atoms with E-state index in [9.17, 15) is 18.4 Å². The maximum Gasteiger partial charge on any atom is 0.341 e. The summed E-state index contributed by atoms with van der Waals surface area (Å²) in [6.07, 6.45) is 1.63. The first-order valence-electron chi connectivity index (χ1n) is 8.50. The van der Waals surface area contributed by atoms with Crippen LogP contribution in [0.5, 0.6) is 0 Å². The molecule has 1 aliphatic rings. The lowest BCUT2D eigenvalue weighted by Crippen LogP contribution is -2.39. The van der Waals surface area contributed by atoms with Crippen LogP contribution in [0.1, 0.15) is 47.3 Å². The lowest BCUT2D eigenvalue weighted by atomic mass is 9.87. The van der Waals surface area contributed by atoms with Crippen molar-refractivity contribution in [2.75, 3.05) is 0 Å². The van der Waals surface area contributed by atoms with Crippen molar-refractivity contribution in [1.82, 2.24) is 5.32 Å². The topological polar surface area (TPSA) is 55.4 Å². The normalized spacial score (nSPS) is 17.1. The van der Waals surface area contributed by atoms with Gasteiger partial charge in [0, 0.05) is 6.07 Å². The summed E-state index contributed by atoms with van der Waals surface area (Å²) in [6, 6.07) is 10.3. The maximum absolute atomic E-state index is 13.6. The summed E-state index contributed by atoms with van der Waals surface area (Å²) in [7, 11) is 0. The Hall–Kier alpha value is -2.76. The van der Waals surface area contributed by atoms with Crippen LogP contribution in [0, 0.1) is 11.6 Å². The van der Waals surface area contributed by atoms with Crippen molar-refractivity contribution in [3.8, 4) is 0 Å². The van der Waals surface area contributed by atoms with E-state index in [0.29, 0.717) is 6.07 Å². The Balaban J connectivity index is 1.64. The summed E-state index contributed by atoms with van der Waals surface area (Å²) in [6.45, 7) is 1.42. The Bertz CT molecular complexity index is 838. The summed E-state index contributed by atoms with van der Waals surface area (Å²) in [5, 5.41) is 2.89. The van der Waals surface area contributed by atoms with Gasteiger partial charge in [0.25, 0.3) is 5.91 Å². The predicted molar refractivity (Wildman–Crippen MR) is 91.5 cm³/mol. The van der Waals surface area contributed by atoms with Crippen molar-refractivity contribution in [3.63, 3.8) is 0 Å². The smallest absolute Gasteiger partial charge is 0.341 e. The minimum atomic E-state index is -1.10. The minimum Gasteiger partial charge on any atom is -0.449 e. The van der Waals surface area contributed by atoms with Gasteiger partial charge in [-0.05, 0) is 49.4 Å². The summed E-state index contributed by atoms with van der Waals surface area (Å²) in [5.74, 6) is -3.28. The number of rotatable bonds is 4. The predicted octanol–water partition coefficient (Wildman–Crippen LogP) is 3.70. The maximum atomic E-state index is 13.6. The molecule has 0 fully saturated rings. The molecule has 1 N–H and O–H groups in total. The van der Waals surface area contributed by atoms with E-state index in [1.54, 1.807) is 0 Å². The van der Waals surface area contributed by atoms with E-state index in [2.05, 4.69) is 5.32 Å². The first-order valence-corrected chi connectivity index (χ1v) is 8.50. The lowest BCUT2D eigenvalue weighted by molar-refractivity contribution is -0.130. The SMILES string of the molecule is C[C@H](OC(=O)c1ccc(F)cc1F)C(=O)N[C@H]1CCCc2ccccc21. The van der Waals surface area contributed by atoms with Crippen molar-refractivity contribution in [2.45, 2.75) is 38.3 Å². The van der Waals surface area contributed by atoms with Crippen LogP contribution >= 0.6 is 0 Å². The fourth-order valence-corrected chi connectivity index (χ4v) is 3.13. The average Bonchev–Trinajstić information content (AvgIpc) is 2.61. The van der Waals surface area contributed by atoms with Crippen molar-refractivity contribution in [1.29, 1.82) is 0 Å². The molecule has 6 heteroatoms. The largest absolute Gasteiger partial charge is 0.449 e. The number of benzene rings is 2. The Morgan fingerprint density at radius 2 is 1.96 bits per heavy atom. The number of carbonyl (C=O) groups is 2. The van der Waals surface area contributed by atoms with Crippen LogP contribution < -0.4 is 5.32 Å². The molecule has 0 aliphatic heterocycles. The van der Waals surface area contributed by atoms with Gasteiger partial charge in [-0.3, -0.25) is 4.79 Å². The Kier molecular flexibility index (Phi) is 5.30. The molecule has 0 radical (unpaired) electrons. The fourth-order valence-electron chi connectivity index (χ4n) is 3.13. The zero-order valence-corrected chi connectivity index (χ0v) is 14.3. The van der Waals surface area contributed by atoms with E-state index in [4.69, 9.17) is 4.74 Å². The number of carbonyl (C=O) groups excluding carboxylic acids is 2. The molecule has 0 aromatic heterocycles. The lowest BCUT2D eigenvalue weighted by Gasteiger charge is -2.27. The summed E-state index contributed by atoms with van der Waals surface area (Å²) >= 11 is 0. The highest BCUT2D eigenvalue weighted by Crippen LogP contribution is 2.29. The number of amides is 1. The van der Waals surface area contributed by atoms with Crippen LogP contribution in [0.15, 0.2) is 42.5 Å². The van der Waals surface area contributed by atoms with Crippen LogP contribution in [-0.4, -0.2) is 18.0 Å². The molecule has 1 aliphatic carbocycles. The van der Waals surface area contributed by atoms with Crippen LogP contribution in [-0.2, 0) is 16.0 Å². The van der Waals surface area contributed by atoms with Gasteiger partial charge in [-0.2, -0.15) is 0 Å². The number of aryl methyl sites for hydroxylation is 1. The molecule has 26 heavy (non-hydrogen) atoms. The van der Waals surface area contributed by atoms with E-state index in [1.807, 2.05) is 24.3 Å². The molecule has 0 unspecified atom stereocenters. The highest BCUT2D eigenvalue weighted by molar-refractivity contribution is 5.92. The van der Waals surface area contributed by atoms with E-state index in [-0.39, 0.29) is 6.04 Å². The van der Waals surface area contributed by atoms with E-state index >= 15 is 0 Å². The van der Waals surface area contributed by atoms with Crippen LogP contribution in [0.3, 0.4) is 0 Å². The molecule has 0 spiro atoms. The number of esters is 1. The molecular weight excluding hydrogens is 340 g/mol. The molecule has 0 bridgehead atoms. The van der Waals surface area contributed by atoms with Crippen LogP contribution in [0.25, 0.3) is 0 Å². The van der Waals surface area contributed by atoms with Gasteiger partial charge in [0.15, 0.2) is 6.10 Å². The number of nitrogens with one attached hydrogen (secondary N) is 1. The third kappa shape index (κ3) is 3.90. The first kappa shape index (κ1) is 18.0. The highest BCUT2D eigenvalue weighted by Gasteiger charge is 2.26. The molecule has 3 rings (SSSR count). The van der Waals surface area contributed by atoms with Gasteiger partial charge in [0.1, 0.15) is 11.6 Å². The number of hydrogen-bond donors (Lipinski definition) is 1. The standard InChI is InChI=1S/C20H19F2NO3/c1-12(26-20(25)16-10-9-14(21)11-17(16)22)19(24)23-18-8-4-6-13-5-2-3-7-15(13)18/h2-3,5,7,9-12,18H,4,6,8H2,1H3,(H,23,24)/t12-,18-/m0/s1. The molecule has 0 heterocycles. The van der Waals surface area contributed by atoms with Gasteiger partial charge in [-0.1, -0.05) is 24.3 Å². The molecule has 0 saturated carbocycles. The van der Waals surface area contributed by atoms with E-state index in [0.717, 1.165) is 37.0 Å². The molecule has 4 nitrogen and oxygen atoms in total. The van der Waals surface area contributed by atoms with E-state index < -0.39 is 35.2 Å². The molecule has 136 valence electrons. The fraction of sp³-hybridized carbons (Fsp3) is 0.300. The minimum absolute atomic E-state index is 0.142. The van der Waals surface area contributed by atoms with Gasteiger partial charge in [-0.15, -0.1) is 0 Å². The van der Waals surface area contributed by atoms with Gasteiger partial charge in [-0.25, -0.2) is 13.6 Å². The second-order valence-electron chi connectivity index (χ2n) is 6.32. The zero-order chi connectivity index (χ0) is 18.7. The second-order valence-corrected chi connectivity index (χ2v) is 6.32. The van der Waals surface area contributed by atoms with Gasteiger partial charge >= 0.3 is 5.97 Å². The molecule has 2 aromatic carbocycles. The zero-order valence-electron chi connectivity index (χ0n) is 14.3. The summed E-state index contributed by atoms with van der Waals surface area (Å²) < 4.78 is 31.6. The van der Waals surface area contributed by atoms with Crippen LogP contribution in [0.4, 0.5) is 8.78 Å². The number of halogens is 2. The average molecular weight is 359 g/mol. The summed E-state index contributed by atoms with van der Waals surface area (Å²) in [5.41, 5.74) is 1.85. The van der Waals surface area contributed by atoms with Crippen LogP contribution in [0.2, 0.25) is 0 Å². The van der Waals surface area contributed by atoms with Crippen molar-refractivity contribution in [3.05, 3.63) is 70.8 Å². The van der Waals surface area contributed by atoms with Crippen molar-refractivity contribution >= 4 is 11.9 Å². The first-order chi connectivity index (χ1) is 12.5. The molecule has 0 saturated heterocycles. The molecular formula is C20H19F2NO3. The van der Waals surface area contributed by atoms with Crippen molar-refractivity contribution < 1.29 is 23.1 Å². The van der Waals surface area contributed by atoms with Gasteiger partial charge in [0.2, 0.25) is 0 Å². The Labute approximate surface area is 150 Å². The van der Waals surface area contributed by atoms with E-state index in [1.165, 1.54) is 12.5 Å². The van der Waals surface area contributed by atoms with Gasteiger partial charge < -0.3 is 10.1 Å². The quantitative estimate of drug-likeness (QED) is 0.847. The summed E-state index contributed by atoms with van der Waals surface area (Å²) in [4.78, 5) is 24.4. The molecule has 1 amide bonds. The second kappa shape index (κ2) is 7.64. The highest BCUT2D eigenvalue weighted by atomic mass is 19.1. The number of ether oxygens (including phenoxy) is 1. The molecule has 2 aromatic rings.